The van der Waals surface area contributed by atoms with Crippen LogP contribution in [0.2, 0.25) is 0 Å². The maximum absolute atomic E-state index is 13.3. The summed E-state index contributed by atoms with van der Waals surface area (Å²) < 4.78 is 24.6. The number of pyridine rings is 1. The third-order valence-corrected chi connectivity index (χ3v) is 6.44. The van der Waals surface area contributed by atoms with Crippen LogP contribution < -0.4 is 14.4 Å². The van der Waals surface area contributed by atoms with Crippen molar-refractivity contribution in [3.8, 4) is 22.8 Å². The van der Waals surface area contributed by atoms with Crippen molar-refractivity contribution in [2.75, 3.05) is 44.8 Å². The van der Waals surface area contributed by atoms with E-state index in [1.54, 1.807) is 19.2 Å². The molecule has 3 aromatic carbocycles. The normalized spacial score (nSPS) is 13.6. The largest absolute Gasteiger partial charge is 0.497 e. The van der Waals surface area contributed by atoms with E-state index >= 15 is 0 Å². The van der Waals surface area contributed by atoms with E-state index in [4.69, 9.17) is 14.5 Å². The summed E-state index contributed by atoms with van der Waals surface area (Å²) in [4.78, 5) is 22.2. The Hall–Kier alpha value is -4.13. The molecule has 0 bridgehead atoms. The van der Waals surface area contributed by atoms with Crippen molar-refractivity contribution in [1.82, 2.24) is 9.88 Å². The highest BCUT2D eigenvalue weighted by atomic mass is 19.1. The van der Waals surface area contributed by atoms with Gasteiger partial charge >= 0.3 is 0 Å². The summed E-state index contributed by atoms with van der Waals surface area (Å²) in [5.74, 6) is 1.18. The number of piperazine rings is 1. The summed E-state index contributed by atoms with van der Waals surface area (Å²) in [5, 5.41) is 0.805. The van der Waals surface area contributed by atoms with E-state index in [1.165, 1.54) is 12.1 Å². The Morgan fingerprint density at radius 2 is 1.75 bits per heavy atom. The second-order valence-corrected chi connectivity index (χ2v) is 8.66. The lowest BCUT2D eigenvalue weighted by Crippen LogP contribution is -2.48. The average molecular weight is 486 g/mol. The molecular formula is C29H28FN3O3. The Morgan fingerprint density at radius 1 is 0.972 bits per heavy atom. The van der Waals surface area contributed by atoms with Crippen LogP contribution in [0.25, 0.3) is 22.2 Å². The average Bonchev–Trinajstić information content (AvgIpc) is 2.93. The second kappa shape index (κ2) is 10.2. The van der Waals surface area contributed by atoms with Crippen molar-refractivity contribution in [3.05, 3.63) is 84.2 Å². The number of benzene rings is 3. The monoisotopic (exact) mass is 485 g/mol. The number of carbonyl (C=O) groups excluding carboxylic acids is 1. The number of ether oxygens (including phenoxy) is 2. The van der Waals surface area contributed by atoms with Gasteiger partial charge in [0.2, 0.25) is 0 Å². The van der Waals surface area contributed by atoms with Gasteiger partial charge in [-0.05, 0) is 61.5 Å². The Bertz CT molecular complexity index is 1380. The highest BCUT2D eigenvalue weighted by Crippen LogP contribution is 2.32. The molecular weight excluding hydrogens is 457 g/mol. The van der Waals surface area contributed by atoms with Gasteiger partial charge in [0.15, 0.2) is 0 Å². The Kier molecular flexibility index (Phi) is 6.71. The molecule has 0 aliphatic carbocycles. The van der Waals surface area contributed by atoms with E-state index in [9.17, 15) is 9.18 Å². The van der Waals surface area contributed by atoms with Gasteiger partial charge in [0, 0.05) is 54.4 Å². The zero-order chi connectivity index (χ0) is 25.1. The molecule has 0 radical (unpaired) electrons. The van der Waals surface area contributed by atoms with Gasteiger partial charge in [-0.3, -0.25) is 4.79 Å². The minimum absolute atomic E-state index is 0.0185. The molecule has 4 aromatic rings. The number of amides is 1. The van der Waals surface area contributed by atoms with E-state index in [0.717, 1.165) is 33.6 Å². The number of hydrogen-bond donors (Lipinski definition) is 0. The SMILES string of the molecule is CCOc1cc(-c2cccc(OC)c2)nc2ccc(C(=O)N3CCN(c4ccc(F)cc4)CC3)cc12. The van der Waals surface area contributed by atoms with Gasteiger partial charge in [-0.25, -0.2) is 9.37 Å². The van der Waals surface area contributed by atoms with Gasteiger partial charge in [-0.1, -0.05) is 12.1 Å². The van der Waals surface area contributed by atoms with Gasteiger partial charge in [0.25, 0.3) is 5.91 Å². The standard InChI is InChI=1S/C29H28FN3O3/c1-3-36-28-19-27(20-5-4-6-24(17-20)35-2)31-26-12-7-21(18-25(26)28)29(34)33-15-13-32(14-16-33)23-10-8-22(30)9-11-23/h4-12,17-19H,3,13-16H2,1-2H3. The van der Waals surface area contributed by atoms with Crippen LogP contribution in [-0.2, 0) is 0 Å². The lowest BCUT2D eigenvalue weighted by molar-refractivity contribution is 0.0747. The van der Waals surface area contributed by atoms with Crippen molar-refractivity contribution in [2.45, 2.75) is 6.92 Å². The molecule has 1 amide bonds. The number of methoxy groups -OCH3 is 1. The molecule has 6 nitrogen and oxygen atoms in total. The first kappa shape index (κ1) is 23.6. The molecule has 1 saturated heterocycles. The number of halogens is 1. The summed E-state index contributed by atoms with van der Waals surface area (Å²) in [6.45, 7) is 5.02. The van der Waals surface area contributed by atoms with Gasteiger partial charge in [-0.15, -0.1) is 0 Å². The Morgan fingerprint density at radius 3 is 2.47 bits per heavy atom. The maximum Gasteiger partial charge on any atom is 0.254 e. The fourth-order valence-corrected chi connectivity index (χ4v) is 4.54. The van der Waals surface area contributed by atoms with Gasteiger partial charge < -0.3 is 19.3 Å². The van der Waals surface area contributed by atoms with E-state index < -0.39 is 0 Å². The molecule has 5 rings (SSSR count). The quantitative estimate of drug-likeness (QED) is 0.366. The fourth-order valence-electron chi connectivity index (χ4n) is 4.54. The number of carbonyl (C=O) groups is 1. The Labute approximate surface area is 209 Å². The van der Waals surface area contributed by atoms with Crippen LogP contribution in [0.3, 0.4) is 0 Å². The lowest BCUT2D eigenvalue weighted by Gasteiger charge is -2.36. The molecule has 1 aliphatic heterocycles. The summed E-state index contributed by atoms with van der Waals surface area (Å²) in [6, 6.07) is 21.7. The summed E-state index contributed by atoms with van der Waals surface area (Å²) in [5.41, 5.74) is 4.04. The van der Waals surface area contributed by atoms with Crippen LogP contribution in [0, 0.1) is 5.82 Å². The predicted molar refractivity (Wildman–Crippen MR) is 139 cm³/mol. The van der Waals surface area contributed by atoms with Gasteiger partial charge in [0.05, 0.1) is 24.9 Å². The highest BCUT2D eigenvalue weighted by Gasteiger charge is 2.23. The van der Waals surface area contributed by atoms with Crippen molar-refractivity contribution < 1.29 is 18.7 Å². The molecule has 0 N–H and O–H groups in total. The summed E-state index contributed by atoms with van der Waals surface area (Å²) in [7, 11) is 1.64. The third kappa shape index (κ3) is 4.82. The summed E-state index contributed by atoms with van der Waals surface area (Å²) in [6.07, 6.45) is 0. The van der Waals surface area contributed by atoms with Gasteiger partial charge in [-0.2, -0.15) is 0 Å². The molecule has 0 spiro atoms. The van der Waals surface area contributed by atoms with Crippen LogP contribution in [0.1, 0.15) is 17.3 Å². The molecule has 0 atom stereocenters. The number of fused-ring (bicyclic) bond motifs is 1. The minimum Gasteiger partial charge on any atom is -0.497 e. The summed E-state index contributed by atoms with van der Waals surface area (Å²) >= 11 is 0. The lowest BCUT2D eigenvalue weighted by atomic mass is 10.1. The van der Waals surface area contributed by atoms with Crippen LogP contribution in [0.4, 0.5) is 10.1 Å². The number of nitrogens with zero attached hydrogens (tertiary/aromatic N) is 3. The van der Waals surface area contributed by atoms with E-state index in [0.29, 0.717) is 44.1 Å². The molecule has 0 saturated carbocycles. The van der Waals surface area contributed by atoms with Crippen molar-refractivity contribution >= 4 is 22.5 Å². The first-order valence-corrected chi connectivity index (χ1v) is 12.1. The van der Waals surface area contributed by atoms with Crippen LogP contribution in [-0.4, -0.2) is 55.7 Å². The molecule has 1 aromatic heterocycles. The van der Waals surface area contributed by atoms with Gasteiger partial charge in [0.1, 0.15) is 17.3 Å². The molecule has 2 heterocycles. The maximum atomic E-state index is 13.3. The van der Waals surface area contributed by atoms with Crippen molar-refractivity contribution in [3.63, 3.8) is 0 Å². The zero-order valence-electron chi connectivity index (χ0n) is 20.4. The second-order valence-electron chi connectivity index (χ2n) is 8.66. The first-order valence-electron chi connectivity index (χ1n) is 12.1. The highest BCUT2D eigenvalue weighted by molar-refractivity contribution is 6.00. The molecule has 7 heteroatoms. The number of aromatic nitrogens is 1. The number of hydrogen-bond acceptors (Lipinski definition) is 5. The molecule has 36 heavy (non-hydrogen) atoms. The molecule has 184 valence electrons. The number of anilines is 1. The topological polar surface area (TPSA) is 54.9 Å². The Balaban J connectivity index is 1.39. The first-order chi connectivity index (χ1) is 17.6. The fraction of sp³-hybridized carbons (Fsp3) is 0.241. The van der Waals surface area contributed by atoms with E-state index in [2.05, 4.69) is 4.90 Å². The van der Waals surface area contributed by atoms with Crippen molar-refractivity contribution in [1.29, 1.82) is 0 Å². The van der Waals surface area contributed by atoms with Crippen molar-refractivity contribution in [2.24, 2.45) is 0 Å². The molecule has 1 fully saturated rings. The molecule has 0 unspecified atom stereocenters. The molecule has 1 aliphatic rings. The predicted octanol–water partition coefficient (Wildman–Crippen LogP) is 5.41. The van der Waals surface area contributed by atoms with Crippen LogP contribution >= 0.6 is 0 Å². The number of rotatable bonds is 6. The van der Waals surface area contributed by atoms with Crippen LogP contribution in [0.15, 0.2) is 72.8 Å². The minimum atomic E-state index is -0.250. The van der Waals surface area contributed by atoms with E-state index in [1.807, 2.05) is 60.4 Å². The van der Waals surface area contributed by atoms with E-state index in [-0.39, 0.29) is 11.7 Å². The zero-order valence-corrected chi connectivity index (χ0v) is 20.4. The smallest absolute Gasteiger partial charge is 0.254 e. The third-order valence-electron chi connectivity index (χ3n) is 6.44. The van der Waals surface area contributed by atoms with Crippen LogP contribution in [0.5, 0.6) is 11.5 Å².